The first-order chi connectivity index (χ1) is 18.4. The summed E-state index contributed by atoms with van der Waals surface area (Å²) >= 11 is 0. The minimum absolute atomic E-state index is 0.0333. The molecule has 0 atom stereocenters. The summed E-state index contributed by atoms with van der Waals surface area (Å²) in [6.07, 6.45) is 4.89. The molecule has 4 heterocycles. The third-order valence-electron chi connectivity index (χ3n) is 6.15. The van der Waals surface area contributed by atoms with E-state index in [4.69, 9.17) is 9.47 Å². The molecule has 0 amide bonds. The van der Waals surface area contributed by atoms with Crippen LogP contribution in [0, 0.1) is 38.4 Å². The molecule has 9 heteroatoms. The van der Waals surface area contributed by atoms with Crippen LogP contribution in [0.1, 0.15) is 22.6 Å². The molecule has 38 heavy (non-hydrogen) atoms. The van der Waals surface area contributed by atoms with E-state index in [-0.39, 0.29) is 11.8 Å². The number of rotatable bonds is 5. The van der Waals surface area contributed by atoms with Crippen LogP contribution in [-0.2, 0) is 11.8 Å². The molecule has 0 aliphatic heterocycles. The maximum absolute atomic E-state index is 15.4. The monoisotopic (exact) mass is 508 g/mol. The number of pyridine rings is 1. The molecule has 0 radical (unpaired) electrons. The molecule has 0 N–H and O–H groups in total. The number of hydrogen-bond acceptors (Lipinski definition) is 7. The highest BCUT2D eigenvalue weighted by atomic mass is 19.1. The fourth-order valence-electron chi connectivity index (χ4n) is 4.38. The van der Waals surface area contributed by atoms with E-state index in [0.717, 1.165) is 44.8 Å². The minimum Gasteiger partial charge on any atom is -0.421 e. The van der Waals surface area contributed by atoms with Gasteiger partial charge < -0.3 is 14.0 Å². The molecule has 0 fully saturated rings. The summed E-state index contributed by atoms with van der Waals surface area (Å²) in [4.78, 5) is 21.8. The normalized spacial score (nSPS) is 10.9. The number of benzene rings is 1. The summed E-state index contributed by atoms with van der Waals surface area (Å²) in [6, 6.07) is 8.60. The van der Waals surface area contributed by atoms with Crippen molar-refractivity contribution in [2.45, 2.75) is 20.8 Å². The third kappa shape index (κ3) is 4.69. The molecule has 0 aliphatic rings. The Bertz CT molecular complexity index is 1740. The van der Waals surface area contributed by atoms with Gasteiger partial charge in [0, 0.05) is 48.8 Å². The largest absolute Gasteiger partial charge is 0.421 e. The van der Waals surface area contributed by atoms with Crippen molar-refractivity contribution in [3.8, 4) is 46.0 Å². The predicted molar refractivity (Wildman–Crippen MR) is 142 cm³/mol. The van der Waals surface area contributed by atoms with Crippen molar-refractivity contribution in [1.82, 2.24) is 29.5 Å². The fraction of sp³-hybridized carbons (Fsp3) is 0.207. The van der Waals surface area contributed by atoms with Crippen molar-refractivity contribution in [3.63, 3.8) is 0 Å². The van der Waals surface area contributed by atoms with Crippen LogP contribution >= 0.6 is 0 Å². The van der Waals surface area contributed by atoms with Crippen molar-refractivity contribution in [2.24, 2.45) is 7.05 Å². The van der Waals surface area contributed by atoms with Gasteiger partial charge in [-0.3, -0.25) is 0 Å². The average molecular weight is 509 g/mol. The zero-order valence-electron chi connectivity index (χ0n) is 21.7. The Morgan fingerprint density at radius 1 is 1.03 bits per heavy atom. The van der Waals surface area contributed by atoms with Gasteiger partial charge in [0.05, 0.1) is 11.4 Å². The number of fused-ring (bicyclic) bond motifs is 1. The second-order valence-electron chi connectivity index (χ2n) is 8.79. The van der Waals surface area contributed by atoms with Gasteiger partial charge in [0.15, 0.2) is 11.6 Å². The summed E-state index contributed by atoms with van der Waals surface area (Å²) in [6.45, 7) is 6.06. The van der Waals surface area contributed by atoms with Crippen LogP contribution in [0.5, 0.6) is 11.8 Å². The van der Waals surface area contributed by atoms with Gasteiger partial charge in [-0.2, -0.15) is 0 Å². The zero-order valence-corrected chi connectivity index (χ0v) is 21.7. The molecule has 4 aromatic heterocycles. The quantitative estimate of drug-likeness (QED) is 0.296. The van der Waals surface area contributed by atoms with Crippen molar-refractivity contribution in [2.75, 3.05) is 13.7 Å². The maximum atomic E-state index is 15.4. The van der Waals surface area contributed by atoms with Crippen LogP contribution in [-0.4, -0.2) is 43.2 Å². The molecule has 0 unspecified atom stereocenters. The topological polar surface area (TPSA) is 87.8 Å². The van der Waals surface area contributed by atoms with Crippen LogP contribution in [0.25, 0.3) is 33.4 Å². The van der Waals surface area contributed by atoms with Crippen LogP contribution in [0.15, 0.2) is 49.1 Å². The number of hydrogen-bond donors (Lipinski definition) is 0. The predicted octanol–water partition coefficient (Wildman–Crippen LogP) is 5.34. The molecule has 0 aliphatic carbocycles. The van der Waals surface area contributed by atoms with E-state index < -0.39 is 5.82 Å². The molecule has 5 aromatic rings. The van der Waals surface area contributed by atoms with Gasteiger partial charge >= 0.3 is 6.01 Å². The molecule has 5 rings (SSSR count). The third-order valence-corrected chi connectivity index (χ3v) is 6.15. The lowest BCUT2D eigenvalue weighted by Crippen LogP contribution is -1.98. The summed E-state index contributed by atoms with van der Waals surface area (Å²) in [5.74, 6) is 5.43. The van der Waals surface area contributed by atoms with Gasteiger partial charge in [-0.1, -0.05) is 12.0 Å². The average Bonchev–Trinajstić information content (AvgIpc) is 3.19. The summed E-state index contributed by atoms with van der Waals surface area (Å²) < 4.78 is 28.0. The number of aryl methyl sites for hydroxylation is 4. The Labute approximate surface area is 219 Å². The van der Waals surface area contributed by atoms with E-state index in [1.807, 2.05) is 44.5 Å². The number of halogens is 1. The van der Waals surface area contributed by atoms with Crippen molar-refractivity contribution in [1.29, 1.82) is 0 Å². The van der Waals surface area contributed by atoms with Crippen molar-refractivity contribution in [3.05, 3.63) is 77.5 Å². The Balaban J connectivity index is 1.66. The first-order valence-corrected chi connectivity index (χ1v) is 11.9. The highest BCUT2D eigenvalue weighted by Gasteiger charge is 2.23. The van der Waals surface area contributed by atoms with Gasteiger partial charge in [-0.25, -0.2) is 29.3 Å². The van der Waals surface area contributed by atoms with Gasteiger partial charge in [-0.05, 0) is 62.1 Å². The Morgan fingerprint density at radius 2 is 1.87 bits per heavy atom. The van der Waals surface area contributed by atoms with Crippen molar-refractivity contribution < 1.29 is 13.9 Å². The highest BCUT2D eigenvalue weighted by molar-refractivity contribution is 6.04. The maximum Gasteiger partial charge on any atom is 0.322 e. The standard InChI is InChI=1S/C29H25FN6O2/c1-17-13-21(7-6-12-37-5)32-15-22(17)27-26(25-19(3)33-16-34-28(25)36(27)4)20-8-9-24(23(30)14-20)38-29-31-11-10-18(2)35-29/h8-11,13-16H,12H2,1-5H3. The Hall–Kier alpha value is -4.68. The minimum atomic E-state index is -0.538. The molecule has 0 saturated carbocycles. The summed E-state index contributed by atoms with van der Waals surface area (Å²) in [5.41, 5.74) is 7.05. The molecule has 0 spiro atoms. The lowest BCUT2D eigenvalue weighted by Gasteiger charge is -2.12. The SMILES string of the molecule is COCC#Cc1cc(C)c(-c2c(-c3ccc(Oc4nccc(C)n4)c(F)c3)c3c(C)ncnc3n2C)cn1. The second kappa shape index (κ2) is 10.4. The molecule has 0 bridgehead atoms. The number of aromatic nitrogens is 6. The second-order valence-corrected chi connectivity index (χ2v) is 8.79. The van der Waals surface area contributed by atoms with Gasteiger partial charge in [0.2, 0.25) is 0 Å². The first-order valence-electron chi connectivity index (χ1n) is 11.9. The molecular weight excluding hydrogens is 483 g/mol. The van der Waals surface area contributed by atoms with Gasteiger partial charge in [-0.15, -0.1) is 0 Å². The summed E-state index contributed by atoms with van der Waals surface area (Å²) in [7, 11) is 3.53. The van der Waals surface area contributed by atoms with E-state index in [9.17, 15) is 0 Å². The molecule has 1 aromatic carbocycles. The Kier molecular flexibility index (Phi) is 6.81. The smallest absolute Gasteiger partial charge is 0.322 e. The molecule has 8 nitrogen and oxygen atoms in total. The van der Waals surface area contributed by atoms with Crippen LogP contribution in [0.4, 0.5) is 4.39 Å². The van der Waals surface area contributed by atoms with E-state index in [0.29, 0.717) is 17.9 Å². The van der Waals surface area contributed by atoms with E-state index >= 15 is 4.39 Å². The van der Waals surface area contributed by atoms with E-state index in [1.54, 1.807) is 31.6 Å². The highest BCUT2D eigenvalue weighted by Crippen LogP contribution is 2.42. The lowest BCUT2D eigenvalue weighted by atomic mass is 9.96. The fourth-order valence-corrected chi connectivity index (χ4v) is 4.38. The van der Waals surface area contributed by atoms with Crippen LogP contribution < -0.4 is 4.74 Å². The van der Waals surface area contributed by atoms with Crippen LogP contribution in [0.3, 0.4) is 0 Å². The number of methoxy groups -OCH3 is 1. The van der Waals surface area contributed by atoms with Gasteiger partial charge in [0.25, 0.3) is 0 Å². The Morgan fingerprint density at radius 3 is 2.61 bits per heavy atom. The van der Waals surface area contributed by atoms with E-state index in [2.05, 4.69) is 36.8 Å². The van der Waals surface area contributed by atoms with Crippen LogP contribution in [0.2, 0.25) is 0 Å². The summed E-state index contributed by atoms with van der Waals surface area (Å²) in [5, 5.41) is 0.837. The first kappa shape index (κ1) is 25.0. The van der Waals surface area contributed by atoms with Gasteiger partial charge in [0.1, 0.15) is 24.3 Å². The number of nitrogens with zero attached hydrogens (tertiary/aromatic N) is 6. The van der Waals surface area contributed by atoms with Crippen molar-refractivity contribution >= 4 is 11.0 Å². The molecular formula is C29H25FN6O2. The molecule has 190 valence electrons. The lowest BCUT2D eigenvalue weighted by molar-refractivity contribution is 0.240. The van der Waals surface area contributed by atoms with E-state index in [1.165, 1.54) is 12.4 Å². The zero-order chi connectivity index (χ0) is 26.8. The molecule has 0 saturated heterocycles. The number of ether oxygens (including phenoxy) is 2.